The zero-order valence-electron chi connectivity index (χ0n) is 16.9. The number of benzene rings is 2. The van der Waals surface area contributed by atoms with Gasteiger partial charge in [0.05, 0.1) is 33.4 Å². The number of hydrogen-bond acceptors (Lipinski definition) is 6. The van der Waals surface area contributed by atoms with Gasteiger partial charge in [-0.05, 0) is 49.7 Å². The summed E-state index contributed by atoms with van der Waals surface area (Å²) >= 11 is 0. The molecule has 1 aliphatic heterocycles. The van der Waals surface area contributed by atoms with Crippen molar-refractivity contribution < 1.29 is 23.8 Å². The molecule has 1 atom stereocenters. The van der Waals surface area contributed by atoms with E-state index >= 15 is 0 Å². The average Bonchev–Trinajstić information content (AvgIpc) is 3.20. The van der Waals surface area contributed by atoms with Crippen LogP contribution < -0.4 is 14.8 Å². The highest BCUT2D eigenvalue weighted by molar-refractivity contribution is 5.94. The summed E-state index contributed by atoms with van der Waals surface area (Å²) in [6.07, 6.45) is 1.98. The number of esters is 1. The van der Waals surface area contributed by atoms with Gasteiger partial charge in [0.25, 0.3) is 0 Å². The van der Waals surface area contributed by atoms with Crippen LogP contribution in [0.5, 0.6) is 11.5 Å². The van der Waals surface area contributed by atoms with Crippen LogP contribution in [0.3, 0.4) is 0 Å². The van der Waals surface area contributed by atoms with Crippen molar-refractivity contribution in [2.45, 2.75) is 18.9 Å². The van der Waals surface area contributed by atoms with Crippen molar-refractivity contribution >= 4 is 17.6 Å². The number of carbonyl (C=O) groups is 2. The number of amides is 1. The van der Waals surface area contributed by atoms with Crippen LogP contribution in [0.2, 0.25) is 0 Å². The van der Waals surface area contributed by atoms with Crippen LogP contribution in [0.15, 0.2) is 42.5 Å². The molecule has 7 heteroatoms. The number of methoxy groups -OCH3 is 3. The van der Waals surface area contributed by atoms with Gasteiger partial charge in [-0.2, -0.15) is 0 Å². The molecule has 2 aromatic carbocycles. The SMILES string of the molecule is COC(=O)c1ccc(NC(=O)CN2CCC[C@H]2c2ccc(OC)cc2OC)cc1. The Hall–Kier alpha value is -3.06. The van der Waals surface area contributed by atoms with E-state index in [0.29, 0.717) is 11.3 Å². The molecular formula is C22H26N2O5. The Bertz CT molecular complexity index is 866. The van der Waals surface area contributed by atoms with Gasteiger partial charge in [-0.25, -0.2) is 4.79 Å². The molecule has 1 N–H and O–H groups in total. The van der Waals surface area contributed by atoms with Gasteiger partial charge in [-0.1, -0.05) is 6.07 Å². The van der Waals surface area contributed by atoms with E-state index in [1.807, 2.05) is 18.2 Å². The van der Waals surface area contributed by atoms with Crippen LogP contribution in [0.4, 0.5) is 5.69 Å². The minimum atomic E-state index is -0.406. The largest absolute Gasteiger partial charge is 0.497 e. The summed E-state index contributed by atoms with van der Waals surface area (Å²) < 4.78 is 15.5. The minimum absolute atomic E-state index is 0.102. The van der Waals surface area contributed by atoms with E-state index in [-0.39, 0.29) is 18.5 Å². The number of anilines is 1. The second-order valence-corrected chi connectivity index (χ2v) is 6.85. The zero-order chi connectivity index (χ0) is 20.8. The molecule has 1 fully saturated rings. The molecule has 0 radical (unpaired) electrons. The standard InChI is InChI=1S/C22H26N2O5/c1-27-17-10-11-18(20(13-17)28-2)19-5-4-12-24(19)14-21(25)23-16-8-6-15(7-9-16)22(26)29-3/h6-11,13,19H,4-5,12,14H2,1-3H3,(H,23,25)/t19-/m0/s1. The lowest BCUT2D eigenvalue weighted by Crippen LogP contribution is -2.33. The highest BCUT2D eigenvalue weighted by Gasteiger charge is 2.29. The molecular weight excluding hydrogens is 372 g/mol. The predicted octanol–water partition coefficient (Wildman–Crippen LogP) is 3.27. The molecule has 0 bridgehead atoms. The van der Waals surface area contributed by atoms with E-state index in [1.165, 1.54) is 7.11 Å². The van der Waals surface area contributed by atoms with Gasteiger partial charge in [0, 0.05) is 23.4 Å². The van der Waals surface area contributed by atoms with E-state index in [1.54, 1.807) is 38.5 Å². The van der Waals surface area contributed by atoms with Crippen molar-refractivity contribution in [1.29, 1.82) is 0 Å². The van der Waals surface area contributed by atoms with Gasteiger partial charge in [-0.15, -0.1) is 0 Å². The zero-order valence-corrected chi connectivity index (χ0v) is 16.9. The third kappa shape index (κ3) is 4.86. The van der Waals surface area contributed by atoms with Crippen LogP contribution in [0.25, 0.3) is 0 Å². The Morgan fingerprint density at radius 3 is 2.48 bits per heavy atom. The summed E-state index contributed by atoms with van der Waals surface area (Å²) in [6.45, 7) is 1.12. The van der Waals surface area contributed by atoms with Gasteiger partial charge >= 0.3 is 5.97 Å². The Labute approximate surface area is 170 Å². The minimum Gasteiger partial charge on any atom is -0.497 e. The smallest absolute Gasteiger partial charge is 0.337 e. The van der Waals surface area contributed by atoms with E-state index < -0.39 is 5.97 Å². The van der Waals surface area contributed by atoms with Crippen LogP contribution in [0, 0.1) is 0 Å². The second-order valence-electron chi connectivity index (χ2n) is 6.85. The molecule has 0 aliphatic carbocycles. The monoisotopic (exact) mass is 398 g/mol. The van der Waals surface area contributed by atoms with Crippen molar-refractivity contribution in [3.05, 3.63) is 53.6 Å². The van der Waals surface area contributed by atoms with Crippen molar-refractivity contribution in [1.82, 2.24) is 4.90 Å². The molecule has 1 amide bonds. The maximum atomic E-state index is 12.6. The van der Waals surface area contributed by atoms with E-state index in [4.69, 9.17) is 9.47 Å². The van der Waals surface area contributed by atoms with Crippen LogP contribution in [-0.2, 0) is 9.53 Å². The van der Waals surface area contributed by atoms with Crippen LogP contribution >= 0.6 is 0 Å². The summed E-state index contributed by atoms with van der Waals surface area (Å²) in [5, 5.41) is 2.89. The average molecular weight is 398 g/mol. The van der Waals surface area contributed by atoms with Gasteiger partial charge in [0.15, 0.2) is 0 Å². The van der Waals surface area contributed by atoms with Gasteiger partial charge < -0.3 is 19.5 Å². The molecule has 0 spiro atoms. The molecule has 1 heterocycles. The highest BCUT2D eigenvalue weighted by atomic mass is 16.5. The molecule has 0 unspecified atom stereocenters. The van der Waals surface area contributed by atoms with E-state index in [2.05, 4.69) is 15.0 Å². The Kier molecular flexibility index (Phi) is 6.72. The number of nitrogens with one attached hydrogen (secondary N) is 1. The van der Waals surface area contributed by atoms with E-state index in [0.717, 1.165) is 36.4 Å². The summed E-state index contributed by atoms with van der Waals surface area (Å²) in [7, 11) is 4.60. The Morgan fingerprint density at radius 2 is 1.83 bits per heavy atom. The molecule has 7 nitrogen and oxygen atoms in total. The first kappa shape index (κ1) is 20.7. The first-order valence-electron chi connectivity index (χ1n) is 9.50. The summed E-state index contributed by atoms with van der Waals surface area (Å²) in [5.41, 5.74) is 2.14. The van der Waals surface area contributed by atoms with Crippen molar-refractivity contribution in [2.75, 3.05) is 39.7 Å². The fraction of sp³-hybridized carbons (Fsp3) is 0.364. The van der Waals surface area contributed by atoms with Crippen LogP contribution in [0.1, 0.15) is 34.8 Å². The number of likely N-dealkylation sites (tertiary alicyclic amines) is 1. The van der Waals surface area contributed by atoms with Gasteiger partial charge in [0.2, 0.25) is 5.91 Å². The third-order valence-electron chi connectivity index (χ3n) is 5.10. The quantitative estimate of drug-likeness (QED) is 0.722. The van der Waals surface area contributed by atoms with Crippen molar-refractivity contribution in [3.63, 3.8) is 0 Å². The number of carbonyl (C=O) groups excluding carboxylic acids is 2. The summed E-state index contributed by atoms with van der Waals surface area (Å²) in [5.74, 6) is 0.995. The Morgan fingerprint density at radius 1 is 1.07 bits per heavy atom. The number of ether oxygens (including phenoxy) is 3. The lowest BCUT2D eigenvalue weighted by molar-refractivity contribution is -0.117. The maximum Gasteiger partial charge on any atom is 0.337 e. The molecule has 0 saturated carbocycles. The van der Waals surface area contributed by atoms with Crippen molar-refractivity contribution in [2.24, 2.45) is 0 Å². The fourth-order valence-electron chi connectivity index (χ4n) is 3.65. The summed E-state index contributed by atoms with van der Waals surface area (Å²) in [4.78, 5) is 26.2. The molecule has 1 aliphatic rings. The number of hydrogen-bond donors (Lipinski definition) is 1. The number of rotatable bonds is 7. The maximum absolute atomic E-state index is 12.6. The molecule has 3 rings (SSSR count). The van der Waals surface area contributed by atoms with Gasteiger partial charge in [0.1, 0.15) is 11.5 Å². The van der Waals surface area contributed by atoms with E-state index in [9.17, 15) is 9.59 Å². The second kappa shape index (κ2) is 9.43. The topological polar surface area (TPSA) is 77.1 Å². The predicted molar refractivity (Wildman–Crippen MR) is 110 cm³/mol. The Balaban J connectivity index is 1.66. The number of nitrogens with zero attached hydrogens (tertiary/aromatic N) is 1. The highest BCUT2D eigenvalue weighted by Crippen LogP contribution is 2.38. The molecule has 2 aromatic rings. The first-order valence-corrected chi connectivity index (χ1v) is 9.50. The first-order chi connectivity index (χ1) is 14.0. The molecule has 154 valence electrons. The van der Waals surface area contributed by atoms with Crippen LogP contribution in [-0.4, -0.2) is 51.2 Å². The third-order valence-corrected chi connectivity index (χ3v) is 5.10. The summed E-state index contributed by atoms with van der Waals surface area (Å²) in [6, 6.07) is 12.5. The fourth-order valence-corrected chi connectivity index (χ4v) is 3.65. The lowest BCUT2D eigenvalue weighted by Gasteiger charge is -2.26. The normalized spacial score (nSPS) is 16.3. The van der Waals surface area contributed by atoms with Gasteiger partial charge in [-0.3, -0.25) is 9.69 Å². The molecule has 29 heavy (non-hydrogen) atoms. The lowest BCUT2D eigenvalue weighted by atomic mass is 10.0. The molecule has 1 saturated heterocycles. The van der Waals surface area contributed by atoms with Crippen molar-refractivity contribution in [3.8, 4) is 11.5 Å². The molecule has 0 aromatic heterocycles.